The van der Waals surface area contributed by atoms with Gasteiger partial charge in [-0.25, -0.2) is 9.59 Å². The number of rotatable bonds is 8. The minimum atomic E-state index is -3.82. The third-order valence-corrected chi connectivity index (χ3v) is 5.88. The van der Waals surface area contributed by atoms with Gasteiger partial charge in [0.15, 0.2) is 0 Å². The Labute approximate surface area is 183 Å². The minimum Gasteiger partial charge on any atom is -0.467 e. The van der Waals surface area contributed by atoms with Crippen LogP contribution in [-0.4, -0.2) is 70.0 Å². The number of carbonyl (C=O) groups is 2. The van der Waals surface area contributed by atoms with Gasteiger partial charge in [0.2, 0.25) is 0 Å². The minimum absolute atomic E-state index is 0.0425. The zero-order chi connectivity index (χ0) is 23.2. The van der Waals surface area contributed by atoms with Crippen molar-refractivity contribution in [3.05, 3.63) is 29.8 Å². The summed E-state index contributed by atoms with van der Waals surface area (Å²) in [5.74, 6) is -0.538. The number of amides is 1. The van der Waals surface area contributed by atoms with Crippen molar-refractivity contribution in [3.63, 3.8) is 0 Å². The summed E-state index contributed by atoms with van der Waals surface area (Å²) in [5.41, 5.74) is 0.256. The fourth-order valence-electron chi connectivity index (χ4n) is 3.05. The molecular formula is C21H31NO8S. The molecule has 1 unspecified atom stereocenters. The first-order valence-corrected chi connectivity index (χ1v) is 11.5. The van der Waals surface area contributed by atoms with E-state index in [1.165, 1.54) is 24.1 Å². The Morgan fingerprint density at radius 3 is 2.35 bits per heavy atom. The summed E-state index contributed by atoms with van der Waals surface area (Å²) in [4.78, 5) is 25.9. The standard InChI is InChI=1S/C21H31NO8S/c1-15-7-9-17(10-8-15)31(25,26)29-12-6-11-28-16-13-18(19(23)27-5)22(14-16)20(24)30-21(2,3)4/h7-10,16,18H,6,11-14H2,1-5H3/t16?,18-/m0/s1. The molecule has 10 heteroatoms. The van der Waals surface area contributed by atoms with Crippen molar-refractivity contribution in [1.29, 1.82) is 0 Å². The summed E-state index contributed by atoms with van der Waals surface area (Å²) in [6, 6.07) is 5.61. The molecule has 1 aliphatic heterocycles. The van der Waals surface area contributed by atoms with Crippen molar-refractivity contribution < 1.29 is 36.4 Å². The predicted octanol–water partition coefficient (Wildman–Crippen LogP) is 2.66. The highest BCUT2D eigenvalue weighted by Gasteiger charge is 2.42. The molecule has 1 amide bonds. The van der Waals surface area contributed by atoms with Crippen LogP contribution in [0.2, 0.25) is 0 Å². The zero-order valence-electron chi connectivity index (χ0n) is 18.6. The molecule has 2 atom stereocenters. The second-order valence-corrected chi connectivity index (χ2v) is 9.96. The first-order chi connectivity index (χ1) is 14.4. The van der Waals surface area contributed by atoms with Gasteiger partial charge < -0.3 is 14.2 Å². The quantitative estimate of drug-likeness (QED) is 0.333. The van der Waals surface area contributed by atoms with Crippen molar-refractivity contribution >= 4 is 22.2 Å². The molecule has 0 N–H and O–H groups in total. The second-order valence-electron chi connectivity index (χ2n) is 8.34. The molecule has 1 saturated heterocycles. The zero-order valence-corrected chi connectivity index (χ0v) is 19.4. The Morgan fingerprint density at radius 2 is 1.77 bits per heavy atom. The highest BCUT2D eigenvalue weighted by atomic mass is 32.2. The number of methoxy groups -OCH3 is 1. The number of hydrogen-bond donors (Lipinski definition) is 0. The van der Waals surface area contributed by atoms with E-state index in [-0.39, 0.29) is 31.1 Å². The highest BCUT2D eigenvalue weighted by molar-refractivity contribution is 7.86. The summed E-state index contributed by atoms with van der Waals surface area (Å²) >= 11 is 0. The van der Waals surface area contributed by atoms with Gasteiger partial charge in [0.25, 0.3) is 10.1 Å². The van der Waals surface area contributed by atoms with E-state index in [0.29, 0.717) is 6.42 Å². The van der Waals surface area contributed by atoms with Gasteiger partial charge in [0.1, 0.15) is 11.6 Å². The van der Waals surface area contributed by atoms with Gasteiger partial charge >= 0.3 is 12.1 Å². The highest BCUT2D eigenvalue weighted by Crippen LogP contribution is 2.24. The molecule has 31 heavy (non-hydrogen) atoms. The molecule has 9 nitrogen and oxygen atoms in total. The number of ether oxygens (including phenoxy) is 3. The maximum Gasteiger partial charge on any atom is 0.411 e. The van der Waals surface area contributed by atoms with Gasteiger partial charge in [0.05, 0.1) is 31.3 Å². The number of likely N-dealkylation sites (tertiary alicyclic amines) is 1. The van der Waals surface area contributed by atoms with Crippen LogP contribution in [0.25, 0.3) is 0 Å². The lowest BCUT2D eigenvalue weighted by Gasteiger charge is -2.27. The Balaban J connectivity index is 1.83. The maximum atomic E-state index is 12.4. The smallest absolute Gasteiger partial charge is 0.411 e. The summed E-state index contributed by atoms with van der Waals surface area (Å²) in [5, 5.41) is 0. The van der Waals surface area contributed by atoms with Crippen LogP contribution in [0.4, 0.5) is 4.79 Å². The lowest BCUT2D eigenvalue weighted by atomic mass is 10.2. The Morgan fingerprint density at radius 1 is 1.13 bits per heavy atom. The lowest BCUT2D eigenvalue weighted by Crippen LogP contribution is -2.44. The molecule has 0 radical (unpaired) electrons. The molecule has 0 spiro atoms. The molecule has 0 aliphatic carbocycles. The molecule has 1 aliphatic rings. The second kappa shape index (κ2) is 10.4. The number of carbonyl (C=O) groups excluding carboxylic acids is 2. The molecule has 1 aromatic carbocycles. The third-order valence-electron chi connectivity index (χ3n) is 4.55. The fourth-order valence-corrected chi connectivity index (χ4v) is 3.99. The summed E-state index contributed by atoms with van der Waals surface area (Å²) < 4.78 is 45.3. The van der Waals surface area contributed by atoms with E-state index >= 15 is 0 Å². The summed E-state index contributed by atoms with van der Waals surface area (Å²) in [7, 11) is -2.56. The van der Waals surface area contributed by atoms with E-state index in [4.69, 9.17) is 18.4 Å². The summed E-state index contributed by atoms with van der Waals surface area (Å²) in [6.07, 6.45) is -0.405. The van der Waals surface area contributed by atoms with Crippen LogP contribution in [0.15, 0.2) is 29.2 Å². The van der Waals surface area contributed by atoms with Crippen LogP contribution >= 0.6 is 0 Å². The largest absolute Gasteiger partial charge is 0.467 e. The van der Waals surface area contributed by atoms with E-state index in [1.807, 2.05) is 6.92 Å². The van der Waals surface area contributed by atoms with Crippen molar-refractivity contribution in [2.24, 2.45) is 0 Å². The number of nitrogens with zero attached hydrogens (tertiary/aromatic N) is 1. The average molecular weight is 458 g/mol. The molecule has 2 rings (SSSR count). The van der Waals surface area contributed by atoms with Crippen LogP contribution in [0.3, 0.4) is 0 Å². The SMILES string of the molecule is COC(=O)[C@@H]1CC(OCCCOS(=O)(=O)c2ccc(C)cc2)CN1C(=O)OC(C)(C)C. The molecular weight excluding hydrogens is 426 g/mol. The molecule has 1 fully saturated rings. The summed E-state index contributed by atoms with van der Waals surface area (Å²) in [6.45, 7) is 7.44. The Kier molecular flexibility index (Phi) is 8.44. The van der Waals surface area contributed by atoms with Gasteiger partial charge in [-0.15, -0.1) is 0 Å². The van der Waals surface area contributed by atoms with E-state index < -0.39 is 39.9 Å². The Hall–Kier alpha value is -2.17. The topological polar surface area (TPSA) is 108 Å². The first kappa shape index (κ1) is 25.1. The number of hydrogen-bond acceptors (Lipinski definition) is 8. The van der Waals surface area contributed by atoms with E-state index in [1.54, 1.807) is 32.9 Å². The molecule has 174 valence electrons. The fraction of sp³-hybridized carbons (Fsp3) is 0.619. The van der Waals surface area contributed by atoms with Crippen molar-refractivity contribution in [3.8, 4) is 0 Å². The van der Waals surface area contributed by atoms with Gasteiger partial charge in [0, 0.05) is 13.0 Å². The van der Waals surface area contributed by atoms with Crippen molar-refractivity contribution in [1.82, 2.24) is 4.90 Å². The van der Waals surface area contributed by atoms with Gasteiger partial charge in [-0.05, 0) is 46.2 Å². The van der Waals surface area contributed by atoms with Crippen LogP contribution < -0.4 is 0 Å². The molecule has 1 aromatic rings. The molecule has 0 bridgehead atoms. The van der Waals surface area contributed by atoms with E-state index in [9.17, 15) is 18.0 Å². The average Bonchev–Trinajstić information content (AvgIpc) is 3.10. The van der Waals surface area contributed by atoms with Crippen LogP contribution in [0, 0.1) is 6.92 Å². The van der Waals surface area contributed by atoms with Crippen LogP contribution in [0.1, 0.15) is 39.2 Å². The monoisotopic (exact) mass is 457 g/mol. The van der Waals surface area contributed by atoms with Gasteiger partial charge in [-0.1, -0.05) is 17.7 Å². The number of aryl methyl sites for hydroxylation is 1. The number of benzene rings is 1. The lowest BCUT2D eigenvalue weighted by molar-refractivity contribution is -0.145. The van der Waals surface area contributed by atoms with E-state index in [0.717, 1.165) is 5.56 Å². The first-order valence-electron chi connectivity index (χ1n) is 10.1. The normalized spacial score (nSPS) is 19.3. The predicted molar refractivity (Wildman–Crippen MR) is 112 cm³/mol. The molecule has 1 heterocycles. The van der Waals surface area contributed by atoms with Crippen LogP contribution in [0.5, 0.6) is 0 Å². The third kappa shape index (κ3) is 7.48. The number of esters is 1. The van der Waals surface area contributed by atoms with Crippen LogP contribution in [-0.2, 0) is 33.3 Å². The van der Waals surface area contributed by atoms with Gasteiger partial charge in [-0.2, -0.15) is 8.42 Å². The maximum absolute atomic E-state index is 12.4. The molecule has 0 aromatic heterocycles. The van der Waals surface area contributed by atoms with Crippen molar-refractivity contribution in [2.45, 2.75) is 63.2 Å². The molecule has 0 saturated carbocycles. The van der Waals surface area contributed by atoms with Gasteiger partial charge in [-0.3, -0.25) is 9.08 Å². The van der Waals surface area contributed by atoms with Crippen molar-refractivity contribution in [2.75, 3.05) is 26.9 Å². The Bertz CT molecular complexity index is 860. The van der Waals surface area contributed by atoms with E-state index in [2.05, 4.69) is 0 Å².